The average molecular weight is 1050 g/mol. The first-order valence-electron chi connectivity index (χ1n) is 28.9. The minimum Gasteiger partial charge on any atom is -0.310 e. The fourth-order valence-corrected chi connectivity index (χ4v) is 15.4. The van der Waals surface area contributed by atoms with Gasteiger partial charge in [-0.05, 0) is 170 Å². The number of hydrogen-bond donors (Lipinski definition) is 0. The summed E-state index contributed by atoms with van der Waals surface area (Å²) in [5, 5.41) is 0. The number of anilines is 3. The largest absolute Gasteiger partial charge is 0.310 e. The summed E-state index contributed by atoms with van der Waals surface area (Å²) in [6.07, 6.45) is 0. The van der Waals surface area contributed by atoms with E-state index < -0.39 is 10.8 Å². The van der Waals surface area contributed by atoms with Crippen molar-refractivity contribution >= 4 is 28.8 Å². The van der Waals surface area contributed by atoms with Crippen LogP contribution in [0.15, 0.2) is 222 Å². The van der Waals surface area contributed by atoms with Crippen molar-refractivity contribution in [3.63, 3.8) is 0 Å². The Balaban J connectivity index is 1.09. The van der Waals surface area contributed by atoms with Gasteiger partial charge in [0.05, 0.1) is 16.5 Å². The van der Waals surface area contributed by atoms with E-state index in [9.17, 15) is 0 Å². The summed E-state index contributed by atoms with van der Waals surface area (Å²) in [7, 11) is 0. The topological polar surface area (TPSA) is 3.24 Å². The van der Waals surface area contributed by atoms with Crippen molar-refractivity contribution in [2.75, 3.05) is 4.90 Å². The van der Waals surface area contributed by atoms with E-state index in [1.54, 1.807) is 0 Å². The monoisotopic (exact) mass is 1050 g/mol. The van der Waals surface area contributed by atoms with E-state index in [1.165, 1.54) is 121 Å². The Hall–Kier alpha value is -7.65. The molecular weight excluding hydrogens is 983 g/mol. The predicted molar refractivity (Wildman–Crippen MR) is 339 cm³/mol. The van der Waals surface area contributed by atoms with E-state index in [0.717, 1.165) is 17.1 Å². The van der Waals surface area contributed by atoms with Crippen LogP contribution in [0.5, 0.6) is 0 Å². The van der Waals surface area contributed by atoms with Crippen LogP contribution in [0.3, 0.4) is 0 Å². The zero-order valence-corrected chi connectivity index (χ0v) is 49.4. The molecule has 1 heterocycles. The van der Waals surface area contributed by atoms with Crippen molar-refractivity contribution in [3.8, 4) is 44.5 Å². The molecule has 0 bridgehead atoms. The van der Waals surface area contributed by atoms with Gasteiger partial charge in [-0.1, -0.05) is 265 Å². The molecule has 0 amide bonds. The van der Waals surface area contributed by atoms with Gasteiger partial charge in [0.2, 0.25) is 0 Å². The molecule has 1 nitrogen and oxygen atoms in total. The van der Waals surface area contributed by atoms with Crippen LogP contribution in [-0.2, 0) is 32.5 Å². The summed E-state index contributed by atoms with van der Waals surface area (Å²) in [6.45, 7) is 28.3. The third-order valence-electron chi connectivity index (χ3n) is 18.4. The van der Waals surface area contributed by atoms with Crippen LogP contribution in [0, 0.1) is 0 Å². The molecule has 0 unspecified atom stereocenters. The molecule has 0 saturated carbocycles. The van der Waals surface area contributed by atoms with Gasteiger partial charge < -0.3 is 4.90 Å². The second-order valence-electron chi connectivity index (χ2n) is 27.3. The van der Waals surface area contributed by atoms with Gasteiger partial charge in [-0.3, -0.25) is 0 Å². The van der Waals surface area contributed by atoms with Gasteiger partial charge in [-0.2, -0.15) is 0 Å². The predicted octanol–water partition coefficient (Wildman–Crippen LogP) is 21.2. The average Bonchev–Trinajstić information content (AvgIpc) is 4.20. The lowest BCUT2D eigenvalue weighted by molar-refractivity contribution is 0.581. The van der Waals surface area contributed by atoms with E-state index >= 15 is 0 Å². The van der Waals surface area contributed by atoms with Crippen LogP contribution in [0.4, 0.5) is 17.1 Å². The third-order valence-corrected chi connectivity index (χ3v) is 19.5. The van der Waals surface area contributed by atoms with E-state index in [4.69, 9.17) is 0 Å². The normalized spacial score (nSPS) is 14.9. The summed E-state index contributed by atoms with van der Waals surface area (Å²) in [5.74, 6) is 0. The molecule has 0 aromatic heterocycles. The zero-order chi connectivity index (χ0) is 55.5. The Morgan fingerprint density at radius 2 is 0.600 bits per heavy atom. The van der Waals surface area contributed by atoms with Gasteiger partial charge in [-0.15, -0.1) is 0 Å². The first kappa shape index (κ1) is 50.6. The van der Waals surface area contributed by atoms with Gasteiger partial charge in [0.25, 0.3) is 0 Å². The second kappa shape index (κ2) is 17.4. The maximum Gasteiger partial charge on any atom is 0.0736 e. The SMILES string of the molecule is CC(C)(C)c1ccc2c(c1)C1(c3cc(C(C)(C)C)ccc3S2)c2ccccc2-c2ccc(N(c3ccc4c(c3)C3(c5ccccc5-4)c4cc(C(C)(C)C)ccc4-c4ccc(C(C)(C)C)cc43)c3ccccc3-c3ccccc3)cc21. The number of hydrogen-bond acceptors (Lipinski definition) is 2. The Morgan fingerprint density at radius 1 is 0.275 bits per heavy atom. The van der Waals surface area contributed by atoms with E-state index in [2.05, 4.69) is 300 Å². The molecule has 80 heavy (non-hydrogen) atoms. The Labute approximate surface area is 479 Å². The molecule has 2 spiro atoms. The molecule has 4 aliphatic rings. The summed E-state index contributed by atoms with van der Waals surface area (Å²) < 4.78 is 0. The van der Waals surface area contributed by atoms with Gasteiger partial charge >= 0.3 is 0 Å². The van der Waals surface area contributed by atoms with E-state index in [1.807, 2.05) is 11.8 Å². The summed E-state index contributed by atoms with van der Waals surface area (Å²) in [5.41, 5.74) is 28.5. The molecule has 0 radical (unpaired) electrons. The molecule has 1 aliphatic heterocycles. The van der Waals surface area contributed by atoms with Crippen LogP contribution < -0.4 is 4.90 Å². The van der Waals surface area contributed by atoms with Gasteiger partial charge in [0, 0.05) is 26.7 Å². The Bertz CT molecular complexity index is 4070. The van der Waals surface area contributed by atoms with Crippen molar-refractivity contribution in [2.24, 2.45) is 0 Å². The molecule has 0 fully saturated rings. The highest BCUT2D eigenvalue weighted by atomic mass is 32.2. The van der Waals surface area contributed by atoms with E-state index in [0.29, 0.717) is 0 Å². The van der Waals surface area contributed by atoms with Crippen molar-refractivity contribution in [1.29, 1.82) is 0 Å². The smallest absolute Gasteiger partial charge is 0.0736 e. The second-order valence-corrected chi connectivity index (χ2v) is 28.4. The molecule has 10 aromatic rings. The highest BCUT2D eigenvalue weighted by molar-refractivity contribution is 7.99. The molecule has 14 rings (SSSR count). The summed E-state index contributed by atoms with van der Waals surface area (Å²) in [6, 6.07) is 83.1. The van der Waals surface area contributed by atoms with E-state index in [-0.39, 0.29) is 21.7 Å². The maximum atomic E-state index is 2.60. The first-order chi connectivity index (χ1) is 38.2. The molecule has 0 atom stereocenters. The number of fused-ring (bicyclic) bond motifs is 19. The number of para-hydroxylation sites is 1. The zero-order valence-electron chi connectivity index (χ0n) is 48.6. The van der Waals surface area contributed by atoms with Crippen LogP contribution in [0.1, 0.15) is 150 Å². The molecule has 3 aliphatic carbocycles. The Morgan fingerprint density at radius 3 is 1.04 bits per heavy atom. The van der Waals surface area contributed by atoms with Crippen molar-refractivity contribution in [3.05, 3.63) is 279 Å². The minimum absolute atomic E-state index is 0.0480. The lowest BCUT2D eigenvalue weighted by Crippen LogP contribution is -2.33. The van der Waals surface area contributed by atoms with Crippen molar-refractivity contribution in [1.82, 2.24) is 0 Å². The Kier molecular flexibility index (Phi) is 11.0. The fourth-order valence-electron chi connectivity index (χ4n) is 14.2. The number of benzene rings is 10. The molecule has 0 saturated heterocycles. The van der Waals surface area contributed by atoms with Crippen LogP contribution in [0.2, 0.25) is 0 Å². The highest BCUT2D eigenvalue weighted by Gasteiger charge is 2.54. The summed E-state index contributed by atoms with van der Waals surface area (Å²) >= 11 is 1.93. The quantitative estimate of drug-likeness (QED) is 0.173. The fraction of sp³-hybridized carbons (Fsp3) is 0.231. The van der Waals surface area contributed by atoms with Crippen LogP contribution >= 0.6 is 11.8 Å². The molecule has 10 aromatic carbocycles. The van der Waals surface area contributed by atoms with Crippen LogP contribution in [0.25, 0.3) is 44.5 Å². The highest BCUT2D eigenvalue weighted by Crippen LogP contribution is 2.66. The molecular formula is C78H71NS. The van der Waals surface area contributed by atoms with Gasteiger partial charge in [0.1, 0.15) is 0 Å². The molecule has 2 heteroatoms. The maximum absolute atomic E-state index is 2.60. The molecule has 0 N–H and O–H groups in total. The standard InChI is InChI=1S/C78H71NS/c1-73(2,3)49-30-36-58-59-37-31-50(74(4,5)6)43-65(59)77(64(58)42-49)62-27-19-16-25-56(62)60-38-34-53(46-66(60)77)79(70-29-21-18-24-55(70)48-22-14-13-15-23-48)54-35-39-61-57-26-17-20-28-63(57)78(67(61)47-54)68-44-51(75(7,8)9)32-40-71(68)80-72-41-33-52(45-69(72)78)76(10,11)12/h13-47H,1-12H3. The minimum atomic E-state index is -0.596. The van der Waals surface area contributed by atoms with Crippen molar-refractivity contribution < 1.29 is 0 Å². The summed E-state index contributed by atoms with van der Waals surface area (Å²) in [4.78, 5) is 5.23. The van der Waals surface area contributed by atoms with Crippen molar-refractivity contribution in [2.45, 2.75) is 125 Å². The van der Waals surface area contributed by atoms with Gasteiger partial charge in [-0.25, -0.2) is 0 Å². The van der Waals surface area contributed by atoms with Crippen LogP contribution in [-0.4, -0.2) is 0 Å². The first-order valence-corrected chi connectivity index (χ1v) is 29.7. The number of rotatable bonds is 4. The van der Waals surface area contributed by atoms with Gasteiger partial charge in [0.15, 0.2) is 0 Å². The lowest BCUT2D eigenvalue weighted by atomic mass is 9.65. The number of nitrogens with zero attached hydrogens (tertiary/aromatic N) is 1. The third kappa shape index (κ3) is 7.30. The molecule has 394 valence electrons. The lowest BCUT2D eigenvalue weighted by Gasteiger charge is -2.41.